The van der Waals surface area contributed by atoms with Crippen LogP contribution in [-0.4, -0.2) is 0 Å². The number of hydrogen-bond acceptors (Lipinski definition) is 1. The summed E-state index contributed by atoms with van der Waals surface area (Å²) in [7, 11) is 0. The van der Waals surface area contributed by atoms with E-state index in [4.69, 9.17) is 0 Å². The van der Waals surface area contributed by atoms with Gasteiger partial charge in [-0.1, -0.05) is 48.5 Å². The van der Waals surface area contributed by atoms with Gasteiger partial charge < -0.3 is 0 Å². The molecule has 0 heterocycles. The summed E-state index contributed by atoms with van der Waals surface area (Å²) in [5.41, 5.74) is 0. The van der Waals surface area contributed by atoms with Gasteiger partial charge in [-0.25, -0.2) is 0 Å². The van der Waals surface area contributed by atoms with E-state index in [1.165, 1.54) is 21.5 Å². The zero-order chi connectivity index (χ0) is 10.3. The van der Waals surface area contributed by atoms with Gasteiger partial charge in [0.1, 0.15) is 0 Å². The second kappa shape index (κ2) is 3.28. The van der Waals surface area contributed by atoms with Crippen molar-refractivity contribution in [3.8, 4) is 0 Å². The second-order valence-electron chi connectivity index (χ2n) is 3.66. The Morgan fingerprint density at radius 2 is 1.27 bits per heavy atom. The standard InChI is InChI=1S/C14H10S/c15-14-9-10-5-1-2-6-11(10)12-7-3-4-8-13(12)14/h1-9,15H. The average molecular weight is 210 g/mol. The fourth-order valence-electron chi connectivity index (χ4n) is 2.03. The lowest BCUT2D eigenvalue weighted by molar-refractivity contribution is 1.60. The number of thiol groups is 1. The molecule has 0 nitrogen and oxygen atoms in total. The Morgan fingerprint density at radius 3 is 2.07 bits per heavy atom. The van der Waals surface area contributed by atoms with Crippen LogP contribution in [0, 0.1) is 0 Å². The summed E-state index contributed by atoms with van der Waals surface area (Å²) >= 11 is 4.53. The van der Waals surface area contributed by atoms with Crippen molar-refractivity contribution in [2.24, 2.45) is 0 Å². The number of hydrogen-bond donors (Lipinski definition) is 1. The number of fused-ring (bicyclic) bond motifs is 3. The monoisotopic (exact) mass is 210 g/mol. The maximum absolute atomic E-state index is 4.53. The molecule has 3 rings (SSSR count). The molecule has 0 amide bonds. The van der Waals surface area contributed by atoms with Crippen molar-refractivity contribution in [2.45, 2.75) is 4.90 Å². The number of rotatable bonds is 0. The molecular weight excluding hydrogens is 200 g/mol. The van der Waals surface area contributed by atoms with Gasteiger partial charge in [-0.3, -0.25) is 0 Å². The molecule has 0 fully saturated rings. The molecule has 0 saturated heterocycles. The van der Waals surface area contributed by atoms with E-state index in [0.717, 1.165) is 4.90 Å². The third kappa shape index (κ3) is 1.31. The number of benzene rings is 3. The van der Waals surface area contributed by atoms with Crippen molar-refractivity contribution in [1.29, 1.82) is 0 Å². The minimum absolute atomic E-state index is 1.05. The van der Waals surface area contributed by atoms with E-state index in [1.54, 1.807) is 0 Å². The summed E-state index contributed by atoms with van der Waals surface area (Å²) in [5, 5.41) is 5.05. The molecular formula is C14H10S. The van der Waals surface area contributed by atoms with Crippen LogP contribution in [0.15, 0.2) is 59.5 Å². The molecule has 0 saturated carbocycles. The molecule has 0 aliphatic carbocycles. The highest BCUT2D eigenvalue weighted by Crippen LogP contribution is 2.30. The van der Waals surface area contributed by atoms with Gasteiger partial charge in [-0.15, -0.1) is 12.6 Å². The molecule has 72 valence electrons. The van der Waals surface area contributed by atoms with Gasteiger partial charge in [0, 0.05) is 4.90 Å². The molecule has 0 atom stereocenters. The zero-order valence-electron chi connectivity index (χ0n) is 8.14. The molecule has 0 unspecified atom stereocenters. The highest BCUT2D eigenvalue weighted by atomic mass is 32.1. The second-order valence-corrected chi connectivity index (χ2v) is 4.14. The first-order chi connectivity index (χ1) is 7.36. The fourth-order valence-corrected chi connectivity index (χ4v) is 2.37. The van der Waals surface area contributed by atoms with Crippen LogP contribution in [0.25, 0.3) is 21.5 Å². The molecule has 0 bridgehead atoms. The van der Waals surface area contributed by atoms with Crippen molar-refractivity contribution >= 4 is 34.2 Å². The largest absolute Gasteiger partial charge is 0.143 e. The summed E-state index contributed by atoms with van der Waals surface area (Å²) in [6, 6.07) is 18.9. The third-order valence-corrected chi connectivity index (χ3v) is 3.12. The lowest BCUT2D eigenvalue weighted by Crippen LogP contribution is -1.78. The van der Waals surface area contributed by atoms with Crippen LogP contribution in [0.5, 0.6) is 0 Å². The first kappa shape index (κ1) is 8.81. The van der Waals surface area contributed by atoms with Gasteiger partial charge in [0.05, 0.1) is 0 Å². The average Bonchev–Trinajstić information content (AvgIpc) is 2.30. The molecule has 0 aliphatic heterocycles. The van der Waals surface area contributed by atoms with Crippen LogP contribution in [-0.2, 0) is 0 Å². The Labute approximate surface area is 93.9 Å². The van der Waals surface area contributed by atoms with Crippen molar-refractivity contribution in [1.82, 2.24) is 0 Å². The molecule has 0 N–H and O–H groups in total. The Kier molecular flexibility index (Phi) is 1.93. The first-order valence-corrected chi connectivity index (χ1v) is 5.40. The molecule has 3 aromatic rings. The van der Waals surface area contributed by atoms with Gasteiger partial charge in [0.15, 0.2) is 0 Å². The summed E-state index contributed by atoms with van der Waals surface area (Å²) in [6.45, 7) is 0. The van der Waals surface area contributed by atoms with Crippen molar-refractivity contribution in [3.05, 3.63) is 54.6 Å². The van der Waals surface area contributed by atoms with E-state index < -0.39 is 0 Å². The van der Waals surface area contributed by atoms with E-state index in [0.29, 0.717) is 0 Å². The molecule has 0 spiro atoms. The molecule has 0 radical (unpaired) electrons. The van der Waals surface area contributed by atoms with Crippen molar-refractivity contribution in [2.75, 3.05) is 0 Å². The van der Waals surface area contributed by atoms with Crippen LogP contribution < -0.4 is 0 Å². The Hall–Kier alpha value is -1.47. The molecule has 3 aromatic carbocycles. The van der Waals surface area contributed by atoms with Gasteiger partial charge >= 0.3 is 0 Å². The summed E-state index contributed by atoms with van der Waals surface area (Å²) in [4.78, 5) is 1.05. The van der Waals surface area contributed by atoms with Crippen LogP contribution in [0.2, 0.25) is 0 Å². The Balaban J connectivity index is 2.64. The lowest BCUT2D eigenvalue weighted by Gasteiger charge is -2.05. The van der Waals surface area contributed by atoms with Crippen molar-refractivity contribution < 1.29 is 0 Å². The first-order valence-electron chi connectivity index (χ1n) is 4.96. The zero-order valence-corrected chi connectivity index (χ0v) is 9.04. The quantitative estimate of drug-likeness (QED) is 0.415. The van der Waals surface area contributed by atoms with Crippen LogP contribution >= 0.6 is 12.6 Å². The van der Waals surface area contributed by atoms with Gasteiger partial charge in [0.2, 0.25) is 0 Å². The van der Waals surface area contributed by atoms with E-state index in [9.17, 15) is 0 Å². The summed E-state index contributed by atoms with van der Waals surface area (Å²) < 4.78 is 0. The Morgan fingerprint density at radius 1 is 0.667 bits per heavy atom. The highest BCUT2D eigenvalue weighted by Gasteiger charge is 2.02. The maximum atomic E-state index is 4.53. The topological polar surface area (TPSA) is 0 Å². The van der Waals surface area contributed by atoms with Gasteiger partial charge in [0.25, 0.3) is 0 Å². The summed E-state index contributed by atoms with van der Waals surface area (Å²) in [6.07, 6.45) is 0. The van der Waals surface area contributed by atoms with E-state index in [-0.39, 0.29) is 0 Å². The molecule has 0 aliphatic rings. The molecule has 0 aromatic heterocycles. The smallest absolute Gasteiger partial charge is 0.0125 e. The maximum Gasteiger partial charge on any atom is 0.0125 e. The third-order valence-electron chi connectivity index (χ3n) is 2.75. The lowest BCUT2D eigenvalue weighted by atomic mass is 10.0. The highest BCUT2D eigenvalue weighted by molar-refractivity contribution is 7.80. The van der Waals surface area contributed by atoms with E-state index >= 15 is 0 Å². The van der Waals surface area contributed by atoms with Crippen LogP contribution in [0.3, 0.4) is 0 Å². The SMILES string of the molecule is Sc1cc2ccccc2c2ccccc12. The summed E-state index contributed by atoms with van der Waals surface area (Å²) in [5.74, 6) is 0. The normalized spacial score (nSPS) is 11.0. The van der Waals surface area contributed by atoms with Crippen LogP contribution in [0.4, 0.5) is 0 Å². The minimum Gasteiger partial charge on any atom is -0.143 e. The van der Waals surface area contributed by atoms with Gasteiger partial charge in [-0.05, 0) is 27.6 Å². The Bertz CT molecular complexity index is 641. The predicted octanol–water partition coefficient (Wildman–Crippen LogP) is 4.28. The minimum atomic E-state index is 1.05. The predicted molar refractivity (Wildman–Crippen MR) is 68.7 cm³/mol. The van der Waals surface area contributed by atoms with E-state index in [1.807, 2.05) is 0 Å². The van der Waals surface area contributed by atoms with Gasteiger partial charge in [-0.2, -0.15) is 0 Å². The molecule has 1 heteroatoms. The van der Waals surface area contributed by atoms with Crippen molar-refractivity contribution in [3.63, 3.8) is 0 Å². The van der Waals surface area contributed by atoms with E-state index in [2.05, 4.69) is 67.2 Å². The van der Waals surface area contributed by atoms with Crippen LogP contribution in [0.1, 0.15) is 0 Å². The molecule has 15 heavy (non-hydrogen) atoms. The fraction of sp³-hybridized carbons (Fsp3) is 0.